The molecule has 0 aromatic rings. The van der Waals surface area contributed by atoms with E-state index in [-0.39, 0.29) is 29.7 Å². The summed E-state index contributed by atoms with van der Waals surface area (Å²) in [5.41, 5.74) is 5.76. The van der Waals surface area contributed by atoms with Crippen LogP contribution in [0.2, 0.25) is 0 Å². The average molecular weight is 182 g/mol. The molecule has 0 spiro atoms. The third kappa shape index (κ3) is 1.16. The molecule has 0 aromatic carbocycles. The highest BCUT2D eigenvalue weighted by molar-refractivity contribution is 6.04. The molecule has 3 atom stereocenters. The Morgan fingerprint density at radius 1 is 1.23 bits per heavy atom. The number of nitrogens with zero attached hydrogens (tertiary/aromatic N) is 1. The van der Waals surface area contributed by atoms with Gasteiger partial charge in [0.25, 0.3) is 0 Å². The predicted molar refractivity (Wildman–Crippen MR) is 46.6 cm³/mol. The topological polar surface area (TPSA) is 63.4 Å². The van der Waals surface area contributed by atoms with E-state index in [4.69, 9.17) is 5.73 Å². The number of rotatable bonds is 0. The summed E-state index contributed by atoms with van der Waals surface area (Å²) < 4.78 is 0. The molecule has 0 radical (unpaired) electrons. The Labute approximate surface area is 77.1 Å². The lowest BCUT2D eigenvalue weighted by Crippen LogP contribution is -2.34. The molecule has 2 rings (SSSR count). The SMILES string of the molecule is CN1C(=O)C2CCC(N)CC2C1=O. The predicted octanol–water partition coefficient (Wildman–Crippen LogP) is -0.271. The molecule has 3 unspecified atom stereocenters. The average Bonchev–Trinajstić information content (AvgIpc) is 2.32. The molecular formula is C9H14N2O2. The van der Waals surface area contributed by atoms with Gasteiger partial charge in [0.1, 0.15) is 0 Å². The van der Waals surface area contributed by atoms with Gasteiger partial charge < -0.3 is 5.73 Å². The first kappa shape index (κ1) is 8.69. The van der Waals surface area contributed by atoms with E-state index >= 15 is 0 Å². The Bertz CT molecular complexity index is 264. The van der Waals surface area contributed by atoms with Crippen LogP contribution < -0.4 is 5.73 Å². The smallest absolute Gasteiger partial charge is 0.232 e. The molecule has 1 heterocycles. The number of hydrogen-bond acceptors (Lipinski definition) is 3. The molecule has 2 aliphatic rings. The van der Waals surface area contributed by atoms with Crippen LogP contribution in [0.1, 0.15) is 19.3 Å². The zero-order chi connectivity index (χ0) is 9.59. The monoisotopic (exact) mass is 182 g/mol. The van der Waals surface area contributed by atoms with Crippen molar-refractivity contribution in [2.75, 3.05) is 7.05 Å². The summed E-state index contributed by atoms with van der Waals surface area (Å²) >= 11 is 0. The van der Waals surface area contributed by atoms with E-state index < -0.39 is 0 Å². The number of carbonyl (C=O) groups is 2. The molecule has 1 aliphatic heterocycles. The summed E-state index contributed by atoms with van der Waals surface area (Å²) in [7, 11) is 1.56. The fourth-order valence-electron chi connectivity index (χ4n) is 2.38. The van der Waals surface area contributed by atoms with Crippen molar-refractivity contribution in [3.63, 3.8) is 0 Å². The molecule has 2 N–H and O–H groups in total. The van der Waals surface area contributed by atoms with E-state index in [1.807, 2.05) is 0 Å². The Kier molecular flexibility index (Phi) is 1.87. The summed E-state index contributed by atoms with van der Waals surface area (Å²) in [4.78, 5) is 24.3. The lowest BCUT2D eigenvalue weighted by Gasteiger charge is -2.25. The van der Waals surface area contributed by atoms with E-state index in [1.54, 1.807) is 7.05 Å². The van der Waals surface area contributed by atoms with Crippen LogP contribution in [0, 0.1) is 11.8 Å². The highest BCUT2D eigenvalue weighted by Crippen LogP contribution is 2.36. The van der Waals surface area contributed by atoms with Crippen molar-refractivity contribution in [3.8, 4) is 0 Å². The van der Waals surface area contributed by atoms with Gasteiger partial charge in [-0.3, -0.25) is 14.5 Å². The van der Waals surface area contributed by atoms with E-state index in [0.717, 1.165) is 12.8 Å². The van der Waals surface area contributed by atoms with E-state index in [1.165, 1.54) is 4.90 Å². The number of imide groups is 1. The van der Waals surface area contributed by atoms with E-state index in [9.17, 15) is 9.59 Å². The first-order chi connectivity index (χ1) is 6.11. The lowest BCUT2D eigenvalue weighted by atomic mass is 9.79. The summed E-state index contributed by atoms with van der Waals surface area (Å²) in [6.45, 7) is 0. The first-order valence-corrected chi connectivity index (χ1v) is 4.68. The number of fused-ring (bicyclic) bond motifs is 1. The van der Waals surface area contributed by atoms with Crippen LogP contribution in [0.25, 0.3) is 0 Å². The van der Waals surface area contributed by atoms with Crippen molar-refractivity contribution >= 4 is 11.8 Å². The van der Waals surface area contributed by atoms with E-state index in [0.29, 0.717) is 6.42 Å². The second-order valence-corrected chi connectivity index (χ2v) is 4.02. The zero-order valence-corrected chi connectivity index (χ0v) is 7.69. The van der Waals surface area contributed by atoms with Gasteiger partial charge in [0.15, 0.2) is 0 Å². The van der Waals surface area contributed by atoms with Gasteiger partial charge in [-0.1, -0.05) is 0 Å². The zero-order valence-electron chi connectivity index (χ0n) is 7.69. The Morgan fingerprint density at radius 3 is 2.54 bits per heavy atom. The largest absolute Gasteiger partial charge is 0.328 e. The standard InChI is InChI=1S/C9H14N2O2/c1-11-8(12)6-3-2-5(10)4-7(6)9(11)13/h5-7H,2-4,10H2,1H3. The van der Waals surface area contributed by atoms with Crippen molar-refractivity contribution in [1.82, 2.24) is 4.90 Å². The Hall–Kier alpha value is -0.900. The van der Waals surface area contributed by atoms with E-state index in [2.05, 4.69) is 0 Å². The van der Waals surface area contributed by atoms with Crippen molar-refractivity contribution in [2.45, 2.75) is 25.3 Å². The molecule has 0 bridgehead atoms. The fraction of sp³-hybridized carbons (Fsp3) is 0.778. The molecule has 0 aromatic heterocycles. The highest BCUT2D eigenvalue weighted by Gasteiger charge is 2.47. The molecule has 2 fully saturated rings. The van der Waals surface area contributed by atoms with Gasteiger partial charge in [-0.25, -0.2) is 0 Å². The molecule has 13 heavy (non-hydrogen) atoms. The van der Waals surface area contributed by atoms with Gasteiger partial charge in [-0.2, -0.15) is 0 Å². The van der Waals surface area contributed by atoms with Gasteiger partial charge >= 0.3 is 0 Å². The van der Waals surface area contributed by atoms with Crippen molar-refractivity contribution < 1.29 is 9.59 Å². The second kappa shape index (κ2) is 2.80. The number of hydrogen-bond donors (Lipinski definition) is 1. The minimum Gasteiger partial charge on any atom is -0.328 e. The maximum absolute atomic E-state index is 11.5. The van der Waals surface area contributed by atoms with Gasteiger partial charge in [-0.15, -0.1) is 0 Å². The minimum atomic E-state index is -0.124. The molecular weight excluding hydrogens is 168 g/mol. The minimum absolute atomic E-state index is 0.0121. The van der Waals surface area contributed by atoms with Gasteiger partial charge in [0.05, 0.1) is 11.8 Å². The summed E-state index contributed by atoms with van der Waals surface area (Å²) in [6.07, 6.45) is 2.33. The van der Waals surface area contributed by atoms with Crippen LogP contribution in [-0.4, -0.2) is 29.8 Å². The van der Waals surface area contributed by atoms with Gasteiger partial charge in [0.2, 0.25) is 11.8 Å². The highest BCUT2D eigenvalue weighted by atomic mass is 16.2. The van der Waals surface area contributed by atoms with Crippen LogP contribution in [-0.2, 0) is 9.59 Å². The van der Waals surface area contributed by atoms with Crippen LogP contribution in [0.4, 0.5) is 0 Å². The number of carbonyl (C=O) groups excluding carboxylic acids is 2. The third-order valence-electron chi connectivity index (χ3n) is 3.19. The summed E-state index contributed by atoms with van der Waals surface area (Å²) in [6, 6.07) is 0.101. The molecule has 1 saturated heterocycles. The first-order valence-electron chi connectivity index (χ1n) is 4.68. The molecule has 1 aliphatic carbocycles. The molecule has 4 heteroatoms. The third-order valence-corrected chi connectivity index (χ3v) is 3.19. The Balaban J connectivity index is 2.22. The molecule has 2 amide bonds. The number of amides is 2. The maximum Gasteiger partial charge on any atom is 0.232 e. The van der Waals surface area contributed by atoms with Crippen molar-refractivity contribution in [1.29, 1.82) is 0 Å². The number of likely N-dealkylation sites (tertiary alicyclic amines) is 1. The van der Waals surface area contributed by atoms with Crippen LogP contribution in [0.15, 0.2) is 0 Å². The maximum atomic E-state index is 11.5. The summed E-state index contributed by atoms with van der Waals surface area (Å²) in [5.74, 6) is -0.245. The van der Waals surface area contributed by atoms with Crippen molar-refractivity contribution in [3.05, 3.63) is 0 Å². The van der Waals surface area contributed by atoms with Gasteiger partial charge in [0, 0.05) is 13.1 Å². The Morgan fingerprint density at radius 2 is 1.85 bits per heavy atom. The summed E-state index contributed by atoms with van der Waals surface area (Å²) in [5, 5.41) is 0. The van der Waals surface area contributed by atoms with Crippen LogP contribution in [0.5, 0.6) is 0 Å². The quantitative estimate of drug-likeness (QED) is 0.524. The van der Waals surface area contributed by atoms with Crippen LogP contribution in [0.3, 0.4) is 0 Å². The fourth-order valence-corrected chi connectivity index (χ4v) is 2.38. The second-order valence-electron chi connectivity index (χ2n) is 4.02. The molecule has 4 nitrogen and oxygen atoms in total. The normalized spacial score (nSPS) is 39.5. The molecule has 1 saturated carbocycles. The van der Waals surface area contributed by atoms with Crippen LogP contribution >= 0.6 is 0 Å². The lowest BCUT2D eigenvalue weighted by molar-refractivity contribution is -0.138. The van der Waals surface area contributed by atoms with Crippen molar-refractivity contribution in [2.24, 2.45) is 17.6 Å². The van der Waals surface area contributed by atoms with Gasteiger partial charge in [-0.05, 0) is 19.3 Å². The number of nitrogens with two attached hydrogens (primary N) is 1. The molecule has 72 valence electrons.